The molecule has 2 rings (SSSR count). The molecular formula is C21H43N5O. The lowest BCUT2D eigenvalue weighted by Gasteiger charge is -2.34. The van der Waals surface area contributed by atoms with Crippen molar-refractivity contribution in [2.75, 3.05) is 66.1 Å². The molecule has 0 aromatic carbocycles. The highest BCUT2D eigenvalue weighted by Gasteiger charge is 2.22. The molecule has 6 heteroatoms. The Kier molecular flexibility index (Phi) is 11.1. The van der Waals surface area contributed by atoms with Gasteiger partial charge >= 0.3 is 0 Å². The zero-order valence-electron chi connectivity index (χ0n) is 18.0. The Balaban J connectivity index is 1.63. The maximum Gasteiger partial charge on any atom is 0.191 e. The second kappa shape index (κ2) is 13.3. The van der Waals surface area contributed by atoms with Gasteiger partial charge in [-0.15, -0.1) is 0 Å². The van der Waals surface area contributed by atoms with Crippen molar-refractivity contribution >= 4 is 5.96 Å². The molecule has 2 aliphatic rings. The molecule has 0 saturated carbocycles. The number of ether oxygens (including phenoxy) is 1. The largest absolute Gasteiger partial charge is 0.379 e. The van der Waals surface area contributed by atoms with E-state index in [2.05, 4.69) is 39.3 Å². The molecule has 0 aromatic heterocycles. The van der Waals surface area contributed by atoms with E-state index in [4.69, 9.17) is 4.74 Å². The van der Waals surface area contributed by atoms with E-state index >= 15 is 0 Å². The molecule has 0 aliphatic carbocycles. The van der Waals surface area contributed by atoms with Crippen molar-refractivity contribution in [3.05, 3.63) is 0 Å². The Hall–Kier alpha value is -0.850. The molecule has 6 nitrogen and oxygen atoms in total. The Labute approximate surface area is 167 Å². The second-order valence-electron chi connectivity index (χ2n) is 8.30. The molecule has 0 aromatic rings. The Morgan fingerprint density at radius 2 is 1.67 bits per heavy atom. The van der Waals surface area contributed by atoms with Crippen LogP contribution in [0.2, 0.25) is 0 Å². The number of hydrogen-bond acceptors (Lipinski definition) is 4. The molecular weight excluding hydrogens is 338 g/mol. The number of morpholine rings is 1. The van der Waals surface area contributed by atoms with Crippen molar-refractivity contribution in [2.45, 2.75) is 58.4 Å². The van der Waals surface area contributed by atoms with Crippen molar-refractivity contribution in [3.63, 3.8) is 0 Å². The molecule has 2 saturated heterocycles. The average molecular weight is 382 g/mol. The van der Waals surface area contributed by atoms with Crippen LogP contribution in [0.15, 0.2) is 4.99 Å². The summed E-state index contributed by atoms with van der Waals surface area (Å²) in [6, 6.07) is 0.586. The molecule has 1 atom stereocenters. The third-order valence-electron chi connectivity index (χ3n) is 5.88. The van der Waals surface area contributed by atoms with Gasteiger partial charge in [-0.3, -0.25) is 14.8 Å². The van der Waals surface area contributed by atoms with E-state index in [1.54, 1.807) is 0 Å². The number of guanidine groups is 1. The fourth-order valence-corrected chi connectivity index (χ4v) is 4.13. The molecule has 27 heavy (non-hydrogen) atoms. The Morgan fingerprint density at radius 1 is 0.963 bits per heavy atom. The van der Waals surface area contributed by atoms with Crippen LogP contribution in [0, 0.1) is 5.92 Å². The minimum atomic E-state index is 0.586. The molecule has 1 unspecified atom stereocenters. The summed E-state index contributed by atoms with van der Waals surface area (Å²) in [4.78, 5) is 9.62. The molecule has 2 aliphatic heterocycles. The lowest BCUT2D eigenvalue weighted by molar-refractivity contribution is 0.0372. The predicted octanol–water partition coefficient (Wildman–Crippen LogP) is 2.16. The monoisotopic (exact) mass is 381 g/mol. The maximum absolute atomic E-state index is 5.41. The van der Waals surface area contributed by atoms with E-state index in [9.17, 15) is 0 Å². The summed E-state index contributed by atoms with van der Waals surface area (Å²) in [6.45, 7) is 14.3. The first-order valence-corrected chi connectivity index (χ1v) is 11.2. The fraction of sp³-hybridized carbons (Fsp3) is 0.952. The zero-order valence-corrected chi connectivity index (χ0v) is 18.0. The standard InChI is InChI=1S/C21H43N5O/c1-19(2)20(26-12-7-4-5-8-13-26)18-24-21(22-3)23-10-6-9-11-25-14-16-27-17-15-25/h19-20H,4-18H2,1-3H3,(H2,22,23,24). The lowest BCUT2D eigenvalue weighted by atomic mass is 10.0. The van der Waals surface area contributed by atoms with Gasteiger partial charge in [0.05, 0.1) is 13.2 Å². The first kappa shape index (κ1) is 22.4. The van der Waals surface area contributed by atoms with Crippen LogP contribution in [0.5, 0.6) is 0 Å². The van der Waals surface area contributed by atoms with Gasteiger partial charge in [-0.25, -0.2) is 0 Å². The maximum atomic E-state index is 5.41. The summed E-state index contributed by atoms with van der Waals surface area (Å²) >= 11 is 0. The van der Waals surface area contributed by atoms with Crippen molar-refractivity contribution < 1.29 is 4.74 Å². The predicted molar refractivity (Wildman–Crippen MR) is 115 cm³/mol. The van der Waals surface area contributed by atoms with E-state index in [0.717, 1.165) is 45.4 Å². The average Bonchev–Trinajstić information content (AvgIpc) is 2.96. The summed E-state index contributed by atoms with van der Waals surface area (Å²) in [5.74, 6) is 1.60. The van der Waals surface area contributed by atoms with Gasteiger partial charge in [-0.05, 0) is 51.2 Å². The highest BCUT2D eigenvalue weighted by molar-refractivity contribution is 5.79. The number of aliphatic imine (C=N–C) groups is 1. The van der Waals surface area contributed by atoms with E-state index in [0.29, 0.717) is 12.0 Å². The van der Waals surface area contributed by atoms with E-state index < -0.39 is 0 Å². The van der Waals surface area contributed by atoms with Gasteiger partial charge in [0.15, 0.2) is 5.96 Å². The van der Waals surface area contributed by atoms with Crippen LogP contribution < -0.4 is 10.6 Å². The van der Waals surface area contributed by atoms with Crippen LogP contribution in [0.25, 0.3) is 0 Å². The van der Waals surface area contributed by atoms with Gasteiger partial charge in [-0.1, -0.05) is 26.7 Å². The van der Waals surface area contributed by atoms with Gasteiger partial charge in [0.25, 0.3) is 0 Å². The van der Waals surface area contributed by atoms with Crippen molar-refractivity contribution in [1.82, 2.24) is 20.4 Å². The van der Waals surface area contributed by atoms with Gasteiger partial charge < -0.3 is 15.4 Å². The van der Waals surface area contributed by atoms with Crippen LogP contribution in [0.1, 0.15) is 52.4 Å². The summed E-state index contributed by atoms with van der Waals surface area (Å²) in [5.41, 5.74) is 0. The van der Waals surface area contributed by atoms with Crippen LogP contribution in [0.4, 0.5) is 0 Å². The van der Waals surface area contributed by atoms with E-state index in [-0.39, 0.29) is 0 Å². The van der Waals surface area contributed by atoms with Crippen molar-refractivity contribution in [2.24, 2.45) is 10.9 Å². The van der Waals surface area contributed by atoms with Crippen molar-refractivity contribution in [3.8, 4) is 0 Å². The molecule has 0 bridgehead atoms. The number of likely N-dealkylation sites (tertiary alicyclic amines) is 1. The number of nitrogens with one attached hydrogen (secondary N) is 2. The van der Waals surface area contributed by atoms with Gasteiger partial charge in [0.2, 0.25) is 0 Å². The van der Waals surface area contributed by atoms with Crippen LogP contribution >= 0.6 is 0 Å². The second-order valence-corrected chi connectivity index (χ2v) is 8.30. The topological polar surface area (TPSA) is 52.1 Å². The molecule has 2 N–H and O–H groups in total. The summed E-state index contributed by atoms with van der Waals surface area (Å²) in [7, 11) is 1.87. The SMILES string of the molecule is CN=C(NCCCCN1CCOCC1)NCC(C(C)C)N1CCCCCC1. The molecule has 2 fully saturated rings. The van der Waals surface area contributed by atoms with Gasteiger partial charge in [0, 0.05) is 39.3 Å². The summed E-state index contributed by atoms with van der Waals surface area (Å²) in [6.07, 6.45) is 7.88. The first-order valence-electron chi connectivity index (χ1n) is 11.2. The highest BCUT2D eigenvalue weighted by atomic mass is 16.5. The molecule has 0 spiro atoms. The van der Waals surface area contributed by atoms with Crippen LogP contribution in [0.3, 0.4) is 0 Å². The van der Waals surface area contributed by atoms with E-state index in [1.165, 1.54) is 58.2 Å². The van der Waals surface area contributed by atoms with E-state index in [1.807, 2.05) is 7.05 Å². The molecule has 158 valence electrons. The third kappa shape index (κ3) is 8.79. The first-order chi connectivity index (χ1) is 13.2. The minimum Gasteiger partial charge on any atom is -0.379 e. The normalized spacial score (nSPS) is 21.9. The minimum absolute atomic E-state index is 0.586. The number of hydrogen-bond donors (Lipinski definition) is 2. The Bertz CT molecular complexity index is 401. The lowest BCUT2D eigenvalue weighted by Crippen LogP contribution is -2.49. The van der Waals surface area contributed by atoms with Crippen LogP contribution in [-0.2, 0) is 4.74 Å². The number of unbranched alkanes of at least 4 members (excludes halogenated alkanes) is 1. The third-order valence-corrected chi connectivity index (χ3v) is 5.88. The highest BCUT2D eigenvalue weighted by Crippen LogP contribution is 2.17. The summed E-state index contributed by atoms with van der Waals surface area (Å²) in [5, 5.41) is 7.07. The number of rotatable bonds is 9. The summed E-state index contributed by atoms with van der Waals surface area (Å²) < 4.78 is 5.41. The smallest absolute Gasteiger partial charge is 0.191 e. The quantitative estimate of drug-likeness (QED) is 0.364. The Morgan fingerprint density at radius 3 is 2.30 bits per heavy atom. The van der Waals surface area contributed by atoms with Crippen molar-refractivity contribution in [1.29, 1.82) is 0 Å². The van der Waals surface area contributed by atoms with Gasteiger partial charge in [-0.2, -0.15) is 0 Å². The van der Waals surface area contributed by atoms with Gasteiger partial charge in [0.1, 0.15) is 0 Å². The molecule has 2 heterocycles. The number of nitrogens with zero attached hydrogens (tertiary/aromatic N) is 3. The molecule has 0 amide bonds. The van der Waals surface area contributed by atoms with Crippen LogP contribution in [-0.4, -0.2) is 87.9 Å². The fourth-order valence-electron chi connectivity index (χ4n) is 4.13. The molecule has 0 radical (unpaired) electrons. The zero-order chi connectivity index (χ0) is 19.3.